The summed E-state index contributed by atoms with van der Waals surface area (Å²) in [4.78, 5) is 0. The van der Waals surface area contributed by atoms with Crippen LogP contribution in [-0.4, -0.2) is 19.5 Å². The first-order valence-corrected chi connectivity index (χ1v) is 5.51. The van der Waals surface area contributed by atoms with Crippen molar-refractivity contribution in [3.05, 3.63) is 29.3 Å². The molecule has 3 heteroatoms. The first-order valence-electron chi connectivity index (χ1n) is 5.51. The van der Waals surface area contributed by atoms with E-state index in [9.17, 15) is 0 Å². The van der Waals surface area contributed by atoms with Crippen molar-refractivity contribution >= 4 is 5.69 Å². The quantitative estimate of drug-likeness (QED) is 0.792. The van der Waals surface area contributed by atoms with Gasteiger partial charge in [0.25, 0.3) is 0 Å². The van der Waals surface area contributed by atoms with E-state index in [1.165, 1.54) is 16.8 Å². The molecule has 0 spiro atoms. The van der Waals surface area contributed by atoms with Crippen molar-refractivity contribution in [2.24, 2.45) is 0 Å². The topological polar surface area (TPSA) is 33.3 Å². The summed E-state index contributed by atoms with van der Waals surface area (Å²) in [7, 11) is 0. The molecule has 1 aromatic carbocycles. The fourth-order valence-corrected chi connectivity index (χ4v) is 1.88. The summed E-state index contributed by atoms with van der Waals surface area (Å²) in [6.07, 6.45) is 1.01. The molecule has 1 unspecified atom stereocenters. The molecule has 0 aliphatic carbocycles. The van der Waals surface area contributed by atoms with E-state index < -0.39 is 0 Å². The number of nitrogens with one attached hydrogen (secondary N) is 2. The molecule has 1 aromatic rings. The molecule has 0 amide bonds. The number of rotatable bonds is 3. The Labute approximate surface area is 90.8 Å². The van der Waals surface area contributed by atoms with Gasteiger partial charge in [-0.3, -0.25) is 5.32 Å². The third-order valence-electron chi connectivity index (χ3n) is 2.73. The van der Waals surface area contributed by atoms with Crippen LogP contribution in [0.1, 0.15) is 18.1 Å². The summed E-state index contributed by atoms with van der Waals surface area (Å²) in [5.74, 6) is 0. The lowest BCUT2D eigenvalue weighted by atomic mass is 10.1. The van der Waals surface area contributed by atoms with Gasteiger partial charge in [-0.1, -0.05) is 25.1 Å². The average molecular weight is 206 g/mol. The Morgan fingerprint density at radius 2 is 2.40 bits per heavy atom. The first kappa shape index (κ1) is 10.5. The van der Waals surface area contributed by atoms with Gasteiger partial charge in [0.1, 0.15) is 0 Å². The molecule has 1 saturated heterocycles. The fraction of sp³-hybridized carbons (Fsp3) is 0.500. The monoisotopic (exact) mass is 206 g/mol. The molecule has 1 heterocycles. The lowest BCUT2D eigenvalue weighted by Crippen LogP contribution is -2.31. The van der Waals surface area contributed by atoms with Crippen LogP contribution in [0, 0.1) is 6.92 Å². The molecule has 0 bridgehead atoms. The highest BCUT2D eigenvalue weighted by Gasteiger charge is 2.15. The number of para-hydroxylation sites is 1. The Morgan fingerprint density at radius 3 is 3.07 bits per heavy atom. The molecule has 2 rings (SSSR count). The van der Waals surface area contributed by atoms with E-state index in [1.54, 1.807) is 0 Å². The van der Waals surface area contributed by atoms with Gasteiger partial charge in [-0.05, 0) is 24.5 Å². The normalized spacial score (nSPS) is 20.5. The van der Waals surface area contributed by atoms with Crippen LogP contribution in [0.5, 0.6) is 0 Å². The standard InChI is InChI=1S/C12H18N2O/c1-3-10-6-4-5-9(2)11(10)14-12-13-7-8-15-12/h4-6,12-14H,3,7-8H2,1-2H3. The zero-order valence-electron chi connectivity index (χ0n) is 9.34. The van der Waals surface area contributed by atoms with Crippen molar-refractivity contribution in [3.63, 3.8) is 0 Å². The Balaban J connectivity index is 2.17. The smallest absolute Gasteiger partial charge is 0.184 e. The van der Waals surface area contributed by atoms with E-state index in [4.69, 9.17) is 4.74 Å². The van der Waals surface area contributed by atoms with Gasteiger partial charge in [0, 0.05) is 12.2 Å². The van der Waals surface area contributed by atoms with Crippen LogP contribution in [0.15, 0.2) is 18.2 Å². The van der Waals surface area contributed by atoms with Gasteiger partial charge < -0.3 is 10.1 Å². The van der Waals surface area contributed by atoms with Crippen molar-refractivity contribution in [1.29, 1.82) is 0 Å². The molecular formula is C12H18N2O. The zero-order valence-corrected chi connectivity index (χ0v) is 9.34. The van der Waals surface area contributed by atoms with Gasteiger partial charge in [0.2, 0.25) is 0 Å². The highest BCUT2D eigenvalue weighted by molar-refractivity contribution is 5.57. The van der Waals surface area contributed by atoms with E-state index in [1.807, 2.05) is 0 Å². The lowest BCUT2D eigenvalue weighted by Gasteiger charge is -2.18. The summed E-state index contributed by atoms with van der Waals surface area (Å²) in [6, 6.07) is 6.38. The Morgan fingerprint density at radius 1 is 1.53 bits per heavy atom. The van der Waals surface area contributed by atoms with Gasteiger partial charge in [0.15, 0.2) is 6.35 Å². The van der Waals surface area contributed by atoms with Gasteiger partial charge >= 0.3 is 0 Å². The van der Waals surface area contributed by atoms with Crippen molar-refractivity contribution < 1.29 is 4.74 Å². The van der Waals surface area contributed by atoms with Gasteiger partial charge in [-0.2, -0.15) is 0 Å². The number of hydrogen-bond acceptors (Lipinski definition) is 3. The van der Waals surface area contributed by atoms with Gasteiger partial charge in [-0.25, -0.2) is 0 Å². The third kappa shape index (κ3) is 2.30. The second kappa shape index (κ2) is 4.64. The number of ether oxygens (including phenoxy) is 1. The Kier molecular flexibility index (Phi) is 3.23. The number of hydrogen-bond donors (Lipinski definition) is 2. The van der Waals surface area contributed by atoms with E-state index >= 15 is 0 Å². The predicted molar refractivity (Wildman–Crippen MR) is 61.9 cm³/mol. The van der Waals surface area contributed by atoms with Crippen LogP contribution in [0.3, 0.4) is 0 Å². The average Bonchev–Trinajstić information content (AvgIpc) is 2.74. The maximum absolute atomic E-state index is 5.49. The van der Waals surface area contributed by atoms with Gasteiger partial charge in [0.05, 0.1) is 6.61 Å². The highest BCUT2D eigenvalue weighted by atomic mass is 16.5. The molecule has 1 aliphatic heterocycles. The number of benzene rings is 1. The minimum atomic E-state index is -0.0311. The molecule has 15 heavy (non-hydrogen) atoms. The SMILES string of the molecule is CCc1cccc(C)c1NC1NCCO1. The summed E-state index contributed by atoms with van der Waals surface area (Å²) in [6.45, 7) is 6.00. The molecule has 82 valence electrons. The molecule has 0 saturated carbocycles. The van der Waals surface area contributed by atoms with Crippen LogP contribution in [-0.2, 0) is 11.2 Å². The molecule has 0 radical (unpaired) electrons. The molecule has 1 atom stereocenters. The zero-order chi connectivity index (χ0) is 10.7. The number of anilines is 1. The van der Waals surface area contributed by atoms with E-state index in [0.717, 1.165) is 19.6 Å². The summed E-state index contributed by atoms with van der Waals surface area (Å²) >= 11 is 0. The highest BCUT2D eigenvalue weighted by Crippen LogP contribution is 2.22. The van der Waals surface area contributed by atoms with Crippen molar-refractivity contribution in [3.8, 4) is 0 Å². The van der Waals surface area contributed by atoms with Crippen molar-refractivity contribution in [2.45, 2.75) is 26.6 Å². The molecule has 0 aromatic heterocycles. The van der Waals surface area contributed by atoms with Crippen LogP contribution >= 0.6 is 0 Å². The third-order valence-corrected chi connectivity index (χ3v) is 2.73. The molecular weight excluding hydrogens is 188 g/mol. The van der Waals surface area contributed by atoms with E-state index in [2.05, 4.69) is 42.7 Å². The second-order valence-corrected chi connectivity index (χ2v) is 3.81. The Hall–Kier alpha value is -1.06. The lowest BCUT2D eigenvalue weighted by molar-refractivity contribution is 0.123. The van der Waals surface area contributed by atoms with Crippen LogP contribution in [0.25, 0.3) is 0 Å². The van der Waals surface area contributed by atoms with Crippen LogP contribution < -0.4 is 10.6 Å². The molecule has 1 fully saturated rings. The first-order chi connectivity index (χ1) is 7.31. The summed E-state index contributed by atoms with van der Waals surface area (Å²) in [5, 5.41) is 6.65. The van der Waals surface area contributed by atoms with E-state index in [0.29, 0.717) is 0 Å². The van der Waals surface area contributed by atoms with Crippen molar-refractivity contribution in [1.82, 2.24) is 5.32 Å². The molecule has 2 N–H and O–H groups in total. The van der Waals surface area contributed by atoms with E-state index in [-0.39, 0.29) is 6.35 Å². The maximum Gasteiger partial charge on any atom is 0.184 e. The van der Waals surface area contributed by atoms with Crippen LogP contribution in [0.2, 0.25) is 0 Å². The largest absolute Gasteiger partial charge is 0.347 e. The molecule has 3 nitrogen and oxygen atoms in total. The van der Waals surface area contributed by atoms with Crippen LogP contribution in [0.4, 0.5) is 5.69 Å². The fourth-order valence-electron chi connectivity index (χ4n) is 1.88. The second-order valence-electron chi connectivity index (χ2n) is 3.81. The van der Waals surface area contributed by atoms with Crippen molar-refractivity contribution in [2.75, 3.05) is 18.5 Å². The minimum Gasteiger partial charge on any atom is -0.347 e. The molecule has 1 aliphatic rings. The minimum absolute atomic E-state index is 0.0311. The summed E-state index contributed by atoms with van der Waals surface area (Å²) in [5.41, 5.74) is 3.82. The maximum atomic E-state index is 5.49. The number of aryl methyl sites for hydroxylation is 2. The Bertz CT molecular complexity index is 332. The van der Waals surface area contributed by atoms with Gasteiger partial charge in [-0.15, -0.1) is 0 Å². The predicted octanol–water partition coefficient (Wildman–Crippen LogP) is 1.87. The summed E-state index contributed by atoms with van der Waals surface area (Å²) < 4.78 is 5.49.